The molecule has 0 aliphatic carbocycles. The summed E-state index contributed by atoms with van der Waals surface area (Å²) >= 11 is 0. The van der Waals surface area contributed by atoms with Crippen LogP contribution in [-0.2, 0) is 11.2 Å². The number of ether oxygens (including phenoxy) is 2. The number of carbonyl (C=O) groups is 1. The second kappa shape index (κ2) is 7.08. The fraction of sp³-hybridized carbons (Fsp3) is 0.211. The standard InChI is InChI=1S/C19H20N2O3/c1-23-15-9-14(10-16(11-15)24-2)21-19(22)8-7-13-12-20-18-6-4-3-5-17(13)18/h3-6,9-12,20H,7-8H2,1-2H3,(H,21,22). The quantitative estimate of drug-likeness (QED) is 0.726. The van der Waals surface area contributed by atoms with Crippen molar-refractivity contribution in [2.75, 3.05) is 19.5 Å². The van der Waals surface area contributed by atoms with Gasteiger partial charge in [0, 0.05) is 47.4 Å². The zero-order valence-electron chi connectivity index (χ0n) is 13.8. The molecular weight excluding hydrogens is 304 g/mol. The van der Waals surface area contributed by atoms with Crippen LogP contribution in [-0.4, -0.2) is 25.1 Å². The number of hydrogen-bond acceptors (Lipinski definition) is 3. The Morgan fingerprint density at radius 1 is 1.08 bits per heavy atom. The van der Waals surface area contributed by atoms with Gasteiger partial charge >= 0.3 is 0 Å². The number of aromatic amines is 1. The van der Waals surface area contributed by atoms with E-state index in [2.05, 4.69) is 16.4 Å². The summed E-state index contributed by atoms with van der Waals surface area (Å²) in [6.45, 7) is 0. The monoisotopic (exact) mass is 324 g/mol. The van der Waals surface area contributed by atoms with E-state index in [4.69, 9.17) is 9.47 Å². The first-order valence-corrected chi connectivity index (χ1v) is 7.77. The first-order valence-electron chi connectivity index (χ1n) is 7.77. The Balaban J connectivity index is 1.65. The van der Waals surface area contributed by atoms with Crippen LogP contribution in [0.1, 0.15) is 12.0 Å². The lowest BCUT2D eigenvalue weighted by Gasteiger charge is -2.09. The molecule has 0 bridgehead atoms. The maximum Gasteiger partial charge on any atom is 0.224 e. The van der Waals surface area contributed by atoms with E-state index in [1.165, 1.54) is 0 Å². The minimum atomic E-state index is -0.0458. The first-order chi connectivity index (χ1) is 11.7. The van der Waals surface area contributed by atoms with Crippen LogP contribution >= 0.6 is 0 Å². The van der Waals surface area contributed by atoms with Gasteiger partial charge in [-0.15, -0.1) is 0 Å². The van der Waals surface area contributed by atoms with Gasteiger partial charge in [-0.1, -0.05) is 18.2 Å². The van der Waals surface area contributed by atoms with Gasteiger partial charge in [0.15, 0.2) is 0 Å². The van der Waals surface area contributed by atoms with Crippen LogP contribution in [0.5, 0.6) is 11.5 Å². The van der Waals surface area contributed by atoms with Crippen molar-refractivity contribution in [2.45, 2.75) is 12.8 Å². The molecule has 24 heavy (non-hydrogen) atoms. The summed E-state index contributed by atoms with van der Waals surface area (Å²) in [5.41, 5.74) is 2.89. The SMILES string of the molecule is COc1cc(NC(=O)CCc2c[nH]c3ccccc23)cc(OC)c1. The molecule has 1 aromatic heterocycles. The molecule has 0 unspecified atom stereocenters. The second-order valence-electron chi connectivity index (χ2n) is 5.51. The zero-order chi connectivity index (χ0) is 16.9. The Morgan fingerprint density at radius 2 is 1.79 bits per heavy atom. The van der Waals surface area contributed by atoms with Crippen LogP contribution in [0, 0.1) is 0 Å². The lowest BCUT2D eigenvalue weighted by atomic mass is 10.1. The largest absolute Gasteiger partial charge is 0.497 e. The van der Waals surface area contributed by atoms with Crippen LogP contribution < -0.4 is 14.8 Å². The summed E-state index contributed by atoms with van der Waals surface area (Å²) in [5, 5.41) is 4.05. The maximum atomic E-state index is 12.2. The minimum absolute atomic E-state index is 0.0458. The Bertz CT molecular complexity index is 832. The average Bonchev–Trinajstić information content (AvgIpc) is 3.02. The van der Waals surface area contributed by atoms with Crippen molar-refractivity contribution in [1.29, 1.82) is 0 Å². The number of benzene rings is 2. The fourth-order valence-electron chi connectivity index (χ4n) is 2.69. The number of H-pyrrole nitrogens is 1. The van der Waals surface area contributed by atoms with Gasteiger partial charge in [0.2, 0.25) is 5.91 Å². The highest BCUT2D eigenvalue weighted by atomic mass is 16.5. The molecule has 0 saturated carbocycles. The molecule has 0 spiro atoms. The van der Waals surface area contributed by atoms with E-state index in [0.29, 0.717) is 30.0 Å². The summed E-state index contributed by atoms with van der Waals surface area (Å²) in [6.07, 6.45) is 3.05. The topological polar surface area (TPSA) is 63.3 Å². The predicted molar refractivity (Wildman–Crippen MR) is 94.8 cm³/mol. The summed E-state index contributed by atoms with van der Waals surface area (Å²) in [4.78, 5) is 15.5. The highest BCUT2D eigenvalue weighted by Gasteiger charge is 2.09. The molecule has 0 aliphatic rings. The molecule has 0 radical (unpaired) electrons. The van der Waals surface area contributed by atoms with Crippen molar-refractivity contribution >= 4 is 22.5 Å². The van der Waals surface area contributed by atoms with E-state index < -0.39 is 0 Å². The van der Waals surface area contributed by atoms with Gasteiger partial charge in [-0.3, -0.25) is 4.79 Å². The van der Waals surface area contributed by atoms with Crippen molar-refractivity contribution in [2.24, 2.45) is 0 Å². The molecule has 124 valence electrons. The molecular formula is C19H20N2O3. The van der Waals surface area contributed by atoms with Crippen LogP contribution in [0.25, 0.3) is 10.9 Å². The number of para-hydroxylation sites is 1. The number of methoxy groups -OCH3 is 2. The third-order valence-electron chi connectivity index (χ3n) is 3.93. The summed E-state index contributed by atoms with van der Waals surface area (Å²) < 4.78 is 10.4. The highest BCUT2D eigenvalue weighted by Crippen LogP contribution is 2.26. The molecule has 0 atom stereocenters. The average molecular weight is 324 g/mol. The molecule has 5 heteroatoms. The van der Waals surface area contributed by atoms with E-state index in [0.717, 1.165) is 16.5 Å². The van der Waals surface area contributed by atoms with E-state index in [9.17, 15) is 4.79 Å². The highest BCUT2D eigenvalue weighted by molar-refractivity contribution is 5.92. The molecule has 2 N–H and O–H groups in total. The molecule has 3 aromatic rings. The number of rotatable bonds is 6. The number of aromatic nitrogens is 1. The van der Waals surface area contributed by atoms with Crippen molar-refractivity contribution in [3.63, 3.8) is 0 Å². The van der Waals surface area contributed by atoms with Gasteiger partial charge in [0.1, 0.15) is 11.5 Å². The molecule has 3 rings (SSSR count). The predicted octanol–water partition coefficient (Wildman–Crippen LogP) is 3.76. The Labute approximate surface area is 140 Å². The molecule has 5 nitrogen and oxygen atoms in total. The molecule has 1 heterocycles. The lowest BCUT2D eigenvalue weighted by molar-refractivity contribution is -0.116. The second-order valence-corrected chi connectivity index (χ2v) is 5.51. The summed E-state index contributed by atoms with van der Waals surface area (Å²) in [5.74, 6) is 1.23. The Kier molecular flexibility index (Phi) is 4.70. The van der Waals surface area contributed by atoms with Gasteiger partial charge in [-0.05, 0) is 18.1 Å². The Hall–Kier alpha value is -2.95. The minimum Gasteiger partial charge on any atom is -0.497 e. The summed E-state index contributed by atoms with van der Waals surface area (Å²) in [6, 6.07) is 13.4. The molecule has 2 aromatic carbocycles. The van der Waals surface area contributed by atoms with E-state index >= 15 is 0 Å². The molecule has 0 fully saturated rings. The normalized spacial score (nSPS) is 10.6. The van der Waals surface area contributed by atoms with Crippen molar-refractivity contribution in [3.05, 3.63) is 54.2 Å². The first kappa shape index (κ1) is 15.9. The van der Waals surface area contributed by atoms with Gasteiger partial charge in [-0.25, -0.2) is 0 Å². The van der Waals surface area contributed by atoms with Crippen LogP contribution in [0.15, 0.2) is 48.7 Å². The van der Waals surface area contributed by atoms with Gasteiger partial charge in [0.25, 0.3) is 0 Å². The number of fused-ring (bicyclic) bond motifs is 1. The van der Waals surface area contributed by atoms with Crippen LogP contribution in [0.3, 0.4) is 0 Å². The van der Waals surface area contributed by atoms with Crippen molar-refractivity contribution in [1.82, 2.24) is 4.98 Å². The maximum absolute atomic E-state index is 12.2. The van der Waals surface area contributed by atoms with Crippen LogP contribution in [0.4, 0.5) is 5.69 Å². The third kappa shape index (κ3) is 3.51. The van der Waals surface area contributed by atoms with Gasteiger partial charge in [0.05, 0.1) is 14.2 Å². The molecule has 0 saturated heterocycles. The zero-order valence-corrected chi connectivity index (χ0v) is 13.8. The van der Waals surface area contributed by atoms with Crippen molar-refractivity contribution < 1.29 is 14.3 Å². The number of anilines is 1. The summed E-state index contributed by atoms with van der Waals surface area (Å²) in [7, 11) is 3.16. The van der Waals surface area contributed by atoms with Crippen molar-refractivity contribution in [3.8, 4) is 11.5 Å². The van der Waals surface area contributed by atoms with Gasteiger partial charge < -0.3 is 19.8 Å². The lowest BCUT2D eigenvalue weighted by Crippen LogP contribution is -2.12. The van der Waals surface area contributed by atoms with Crippen LogP contribution in [0.2, 0.25) is 0 Å². The molecule has 1 amide bonds. The smallest absolute Gasteiger partial charge is 0.224 e. The van der Waals surface area contributed by atoms with Gasteiger partial charge in [-0.2, -0.15) is 0 Å². The number of amides is 1. The number of nitrogens with one attached hydrogen (secondary N) is 2. The van der Waals surface area contributed by atoms with E-state index in [1.807, 2.05) is 24.4 Å². The number of hydrogen-bond donors (Lipinski definition) is 2. The van der Waals surface area contributed by atoms with E-state index in [1.54, 1.807) is 32.4 Å². The number of aryl methyl sites for hydroxylation is 1. The fourth-order valence-corrected chi connectivity index (χ4v) is 2.69. The molecule has 0 aliphatic heterocycles. The number of carbonyl (C=O) groups excluding carboxylic acids is 1. The Morgan fingerprint density at radius 3 is 2.50 bits per heavy atom. The van der Waals surface area contributed by atoms with E-state index in [-0.39, 0.29) is 5.91 Å². The third-order valence-corrected chi connectivity index (χ3v) is 3.93.